The lowest BCUT2D eigenvalue weighted by Gasteiger charge is -2.26. The van der Waals surface area contributed by atoms with Crippen LogP contribution in [0.25, 0.3) is 0 Å². The number of aromatic nitrogens is 1. The molecule has 0 radical (unpaired) electrons. The fourth-order valence-electron chi connectivity index (χ4n) is 1.57. The number of anilines is 1. The van der Waals surface area contributed by atoms with E-state index in [4.69, 9.17) is 5.11 Å². The number of carboxylic acids is 1. The van der Waals surface area contributed by atoms with Gasteiger partial charge >= 0.3 is 12.0 Å². The Balaban J connectivity index is 2.01. The Hall–Kier alpha value is -2.11. The molecule has 90 valence electrons. The molecule has 2 rings (SSSR count). The van der Waals surface area contributed by atoms with E-state index in [1.807, 2.05) is 0 Å². The Morgan fingerprint density at radius 1 is 1.41 bits per heavy atom. The summed E-state index contributed by atoms with van der Waals surface area (Å²) in [4.78, 5) is 26.1. The van der Waals surface area contributed by atoms with E-state index in [9.17, 15) is 9.59 Å². The Morgan fingerprint density at radius 2 is 2.18 bits per heavy atom. The number of hydrogen-bond acceptors (Lipinski definition) is 3. The second-order valence-corrected chi connectivity index (χ2v) is 3.93. The summed E-state index contributed by atoms with van der Waals surface area (Å²) in [5.74, 6) is -1.16. The van der Waals surface area contributed by atoms with Gasteiger partial charge in [-0.05, 0) is 31.4 Å². The summed E-state index contributed by atoms with van der Waals surface area (Å²) in [6, 6.07) is 2.91. The lowest BCUT2D eigenvalue weighted by molar-refractivity contribution is 0.0692. The Kier molecular flexibility index (Phi) is 3.22. The highest BCUT2D eigenvalue weighted by molar-refractivity contribution is 5.98. The molecule has 2 amide bonds. The van der Waals surface area contributed by atoms with Crippen molar-refractivity contribution in [1.29, 1.82) is 0 Å². The first-order valence-corrected chi connectivity index (χ1v) is 5.42. The smallest absolute Gasteiger partial charge is 0.356 e. The molecule has 0 saturated heterocycles. The van der Waals surface area contributed by atoms with Crippen molar-refractivity contribution in [3.05, 3.63) is 24.0 Å². The van der Waals surface area contributed by atoms with Gasteiger partial charge < -0.3 is 15.7 Å². The maximum Gasteiger partial charge on any atom is 0.356 e. The minimum Gasteiger partial charge on any atom is -0.476 e. The summed E-state index contributed by atoms with van der Waals surface area (Å²) in [6.45, 7) is 0. The van der Waals surface area contributed by atoms with Crippen LogP contribution in [-0.4, -0.2) is 28.1 Å². The quantitative estimate of drug-likeness (QED) is 0.739. The molecule has 6 nitrogen and oxygen atoms in total. The second kappa shape index (κ2) is 4.82. The first-order chi connectivity index (χ1) is 8.16. The molecule has 6 heteroatoms. The van der Waals surface area contributed by atoms with Crippen molar-refractivity contribution in [2.75, 3.05) is 5.32 Å². The van der Waals surface area contributed by atoms with Crippen LogP contribution in [0.3, 0.4) is 0 Å². The van der Waals surface area contributed by atoms with Crippen molar-refractivity contribution in [2.24, 2.45) is 0 Å². The van der Waals surface area contributed by atoms with Crippen LogP contribution >= 0.6 is 0 Å². The molecule has 0 unspecified atom stereocenters. The number of carbonyl (C=O) groups excluding carboxylic acids is 1. The van der Waals surface area contributed by atoms with Crippen LogP contribution in [0.4, 0.5) is 10.5 Å². The highest BCUT2D eigenvalue weighted by atomic mass is 16.4. The van der Waals surface area contributed by atoms with E-state index in [0.717, 1.165) is 19.3 Å². The number of carbonyl (C=O) groups is 2. The van der Waals surface area contributed by atoms with Crippen LogP contribution in [-0.2, 0) is 0 Å². The predicted molar refractivity (Wildman–Crippen MR) is 61.0 cm³/mol. The molecule has 1 aromatic rings. The van der Waals surface area contributed by atoms with E-state index < -0.39 is 5.97 Å². The minimum absolute atomic E-state index is 0.156. The van der Waals surface area contributed by atoms with Gasteiger partial charge in [-0.15, -0.1) is 0 Å². The Labute approximate surface area is 98.1 Å². The van der Waals surface area contributed by atoms with Gasteiger partial charge in [0, 0.05) is 12.2 Å². The highest BCUT2D eigenvalue weighted by Crippen LogP contribution is 2.18. The summed E-state index contributed by atoms with van der Waals surface area (Å²) in [7, 11) is 0. The van der Waals surface area contributed by atoms with E-state index in [-0.39, 0.29) is 23.5 Å². The fraction of sp³-hybridized carbons (Fsp3) is 0.364. The van der Waals surface area contributed by atoms with Crippen molar-refractivity contribution in [1.82, 2.24) is 10.3 Å². The Bertz CT molecular complexity index is 443. The molecule has 0 spiro atoms. The van der Waals surface area contributed by atoms with Crippen molar-refractivity contribution in [2.45, 2.75) is 25.3 Å². The molecule has 0 bridgehead atoms. The number of nitrogens with zero attached hydrogens (tertiary/aromatic N) is 1. The van der Waals surface area contributed by atoms with Crippen LogP contribution in [0.15, 0.2) is 18.3 Å². The molecule has 1 heterocycles. The van der Waals surface area contributed by atoms with Gasteiger partial charge in [-0.1, -0.05) is 0 Å². The van der Waals surface area contributed by atoms with Gasteiger partial charge in [0.2, 0.25) is 0 Å². The average molecular weight is 235 g/mol. The van der Waals surface area contributed by atoms with Gasteiger partial charge in [0.05, 0.1) is 5.69 Å². The molecule has 0 atom stereocenters. The van der Waals surface area contributed by atoms with Crippen LogP contribution < -0.4 is 10.6 Å². The molecule has 1 saturated carbocycles. The first kappa shape index (κ1) is 11.4. The van der Waals surface area contributed by atoms with Gasteiger partial charge in [-0.3, -0.25) is 0 Å². The molecular formula is C11H13N3O3. The molecule has 3 N–H and O–H groups in total. The maximum absolute atomic E-state index is 11.5. The predicted octanol–water partition coefficient (Wildman–Crippen LogP) is 1.45. The summed E-state index contributed by atoms with van der Waals surface area (Å²) < 4.78 is 0. The number of nitrogens with one attached hydrogen (secondary N) is 2. The third-order valence-corrected chi connectivity index (χ3v) is 2.70. The van der Waals surface area contributed by atoms with Gasteiger partial charge in [0.15, 0.2) is 5.69 Å². The topological polar surface area (TPSA) is 91.3 Å². The van der Waals surface area contributed by atoms with E-state index >= 15 is 0 Å². The van der Waals surface area contributed by atoms with Crippen LogP contribution in [0.5, 0.6) is 0 Å². The van der Waals surface area contributed by atoms with Gasteiger partial charge in [-0.2, -0.15) is 0 Å². The van der Waals surface area contributed by atoms with Crippen molar-refractivity contribution in [3.63, 3.8) is 0 Å². The average Bonchev–Trinajstić information content (AvgIpc) is 2.24. The number of urea groups is 1. The van der Waals surface area contributed by atoms with E-state index in [0.29, 0.717) is 0 Å². The second-order valence-electron chi connectivity index (χ2n) is 3.93. The summed E-state index contributed by atoms with van der Waals surface area (Å²) in [6.07, 6.45) is 4.45. The standard InChI is InChI=1S/C11H13N3O3/c15-10(16)9-8(5-2-6-12-9)14-11(17)13-7-3-1-4-7/h2,5-7H,1,3-4H2,(H,15,16)(H2,13,14,17). The molecule has 1 fully saturated rings. The van der Waals surface area contributed by atoms with E-state index in [1.54, 1.807) is 6.07 Å². The number of hydrogen-bond donors (Lipinski definition) is 3. The van der Waals surface area contributed by atoms with E-state index in [2.05, 4.69) is 15.6 Å². The zero-order chi connectivity index (χ0) is 12.3. The number of pyridine rings is 1. The molecule has 0 aromatic carbocycles. The highest BCUT2D eigenvalue weighted by Gasteiger charge is 2.20. The number of carboxylic acid groups (broad SMARTS) is 1. The Morgan fingerprint density at radius 3 is 2.76 bits per heavy atom. The van der Waals surface area contributed by atoms with Crippen molar-refractivity contribution in [3.8, 4) is 0 Å². The lowest BCUT2D eigenvalue weighted by Crippen LogP contribution is -2.42. The summed E-state index contributed by atoms with van der Waals surface area (Å²) >= 11 is 0. The number of aromatic carboxylic acids is 1. The maximum atomic E-state index is 11.5. The third kappa shape index (κ3) is 2.72. The molecule has 0 aliphatic heterocycles. The van der Waals surface area contributed by atoms with E-state index in [1.165, 1.54) is 12.3 Å². The molecule has 17 heavy (non-hydrogen) atoms. The monoisotopic (exact) mass is 235 g/mol. The van der Waals surface area contributed by atoms with Crippen LogP contribution in [0.2, 0.25) is 0 Å². The minimum atomic E-state index is -1.16. The first-order valence-electron chi connectivity index (χ1n) is 5.42. The SMILES string of the molecule is O=C(Nc1cccnc1C(=O)O)NC1CCC1. The molecular weight excluding hydrogens is 222 g/mol. The summed E-state index contributed by atoms with van der Waals surface area (Å²) in [5, 5.41) is 14.1. The van der Waals surface area contributed by atoms with Gasteiger partial charge in [-0.25, -0.2) is 14.6 Å². The zero-order valence-electron chi connectivity index (χ0n) is 9.14. The van der Waals surface area contributed by atoms with Gasteiger partial charge in [0.25, 0.3) is 0 Å². The zero-order valence-corrected chi connectivity index (χ0v) is 9.14. The molecule has 1 aliphatic rings. The number of rotatable bonds is 3. The number of amides is 2. The van der Waals surface area contributed by atoms with Crippen LogP contribution in [0, 0.1) is 0 Å². The fourth-order valence-corrected chi connectivity index (χ4v) is 1.57. The van der Waals surface area contributed by atoms with Crippen molar-refractivity contribution >= 4 is 17.7 Å². The molecule has 1 aliphatic carbocycles. The normalized spacial score (nSPS) is 14.8. The van der Waals surface area contributed by atoms with Gasteiger partial charge in [0.1, 0.15) is 0 Å². The largest absolute Gasteiger partial charge is 0.476 e. The van der Waals surface area contributed by atoms with Crippen molar-refractivity contribution < 1.29 is 14.7 Å². The summed E-state index contributed by atoms with van der Waals surface area (Å²) in [5.41, 5.74) is 0.0492. The third-order valence-electron chi connectivity index (χ3n) is 2.70. The molecule has 1 aromatic heterocycles. The lowest BCUT2D eigenvalue weighted by atomic mass is 9.93. The van der Waals surface area contributed by atoms with Crippen LogP contribution in [0.1, 0.15) is 29.8 Å².